The fraction of sp³-hybridized carbons (Fsp3) is 0.800. The zero-order valence-electron chi connectivity index (χ0n) is 13.1. The normalized spacial score (nSPS) is 15.1. The minimum absolute atomic E-state index is 0.583. The van der Waals surface area contributed by atoms with Gasteiger partial charge in [0.25, 0.3) is 0 Å². The van der Waals surface area contributed by atoms with E-state index in [9.17, 15) is 69.9 Å². The smallest absolute Gasteiger partial charge is 0.327 e. The lowest BCUT2D eigenvalue weighted by atomic mass is 9.94. The molecule has 0 aromatic carbocycles. The van der Waals surface area contributed by atoms with Crippen molar-refractivity contribution < 1.29 is 74.4 Å². The van der Waals surface area contributed by atoms with Crippen LogP contribution in [0.2, 0.25) is 0 Å². The summed E-state index contributed by atoms with van der Waals surface area (Å²) in [6.07, 6.45) is -4.19. The second-order valence-corrected chi connectivity index (χ2v) is 6.20. The van der Waals surface area contributed by atoms with Crippen LogP contribution in [0, 0.1) is 0 Å². The van der Waals surface area contributed by atoms with Gasteiger partial charge >= 0.3 is 51.4 Å². The van der Waals surface area contributed by atoms with Crippen molar-refractivity contribution in [2.45, 2.75) is 41.3 Å². The number of hydrogen-bond acceptors (Lipinski definition) is 3. The Kier molecular flexibility index (Phi) is 8.64. The molecule has 0 fully saturated rings. The molecule has 3 N–H and O–H groups in total. The molecule has 0 rings (SSSR count). The van der Waals surface area contributed by atoms with Gasteiger partial charge in [0.05, 0.1) is 0 Å². The van der Waals surface area contributed by atoms with Gasteiger partial charge < -0.3 is 5.73 Å². The van der Waals surface area contributed by atoms with E-state index in [2.05, 4.69) is 6.58 Å². The number of rotatable bonds is 8. The van der Waals surface area contributed by atoms with Crippen LogP contribution in [-0.4, -0.2) is 60.8 Å². The number of nitrogens with two attached hydrogens (primary N) is 1. The van der Waals surface area contributed by atoms with Crippen molar-refractivity contribution in [1.82, 2.24) is 0 Å². The predicted molar refractivity (Wildman–Crippen MR) is 66.5 cm³/mol. The van der Waals surface area contributed by atoms with Crippen LogP contribution in [-0.2, 0) is 10.1 Å². The Morgan fingerprint density at radius 2 is 1.07 bits per heavy atom. The van der Waals surface area contributed by atoms with Crippen molar-refractivity contribution >= 4 is 10.1 Å². The topological polar surface area (TPSA) is 80.4 Å². The quantitative estimate of drug-likeness (QED) is 0.307. The van der Waals surface area contributed by atoms with Crippen molar-refractivity contribution in [3.63, 3.8) is 0 Å². The summed E-state index contributed by atoms with van der Waals surface area (Å²) in [5.74, 6) is -40.3. The Bertz CT molecular complexity index is 675. The SMILES string of the molecule is C=CCN.O=S(=O)(O)C(F)(F)C(F)(F)C(F)(F)C(F)(F)C(F)(F)C(F)(F)C(F)F. The molecule has 0 radical (unpaired) electrons. The Morgan fingerprint density at radius 1 is 0.793 bits per heavy atom. The van der Waals surface area contributed by atoms with Crippen LogP contribution in [0.1, 0.15) is 0 Å². The first-order valence-corrected chi connectivity index (χ1v) is 7.63. The van der Waals surface area contributed by atoms with Gasteiger partial charge in [0.2, 0.25) is 0 Å². The third-order valence-electron chi connectivity index (χ3n) is 2.73. The lowest BCUT2D eigenvalue weighted by Crippen LogP contribution is -2.72. The second-order valence-electron chi connectivity index (χ2n) is 4.74. The van der Waals surface area contributed by atoms with Crippen molar-refractivity contribution in [2.24, 2.45) is 5.73 Å². The van der Waals surface area contributed by atoms with Gasteiger partial charge in [0.1, 0.15) is 0 Å². The van der Waals surface area contributed by atoms with Crippen LogP contribution in [0.4, 0.5) is 61.5 Å². The summed E-state index contributed by atoms with van der Waals surface area (Å²) < 4.78 is 203. The Labute approximate surface area is 152 Å². The van der Waals surface area contributed by atoms with Gasteiger partial charge in [-0.3, -0.25) is 4.55 Å². The van der Waals surface area contributed by atoms with Crippen molar-refractivity contribution in [3.8, 4) is 0 Å². The molecule has 0 aliphatic carbocycles. The molecule has 0 atom stereocenters. The monoisotopic (exact) mass is 489 g/mol. The molecule has 0 spiro atoms. The maximum atomic E-state index is 12.9. The summed E-state index contributed by atoms with van der Waals surface area (Å²) >= 11 is 0. The minimum atomic E-state index is -8.36. The summed E-state index contributed by atoms with van der Waals surface area (Å²) in [5, 5.41) is -7.59. The number of hydrogen-bond donors (Lipinski definition) is 2. The van der Waals surface area contributed by atoms with E-state index in [1.165, 1.54) is 0 Å². The summed E-state index contributed by atoms with van der Waals surface area (Å²) in [5.41, 5.74) is 4.91. The Hall–Kier alpha value is -1.37. The molecule has 0 amide bonds. The minimum Gasteiger partial charge on any atom is -0.327 e. The zero-order valence-corrected chi connectivity index (χ0v) is 13.9. The highest BCUT2D eigenvalue weighted by Crippen LogP contribution is 2.61. The highest BCUT2D eigenvalue weighted by molar-refractivity contribution is 7.87. The fourth-order valence-electron chi connectivity index (χ4n) is 1.09. The Morgan fingerprint density at radius 3 is 1.28 bits per heavy atom. The molecule has 0 saturated carbocycles. The number of alkyl halides is 14. The van der Waals surface area contributed by atoms with Crippen LogP contribution in [0.25, 0.3) is 0 Å². The Balaban J connectivity index is 0. The van der Waals surface area contributed by atoms with Gasteiger partial charge in [-0.25, -0.2) is 8.78 Å². The standard InChI is InChI=1S/C7H2F14O3S.C3H7N/c8-1(9)2(10,11)3(12,13)4(14,15)5(16,17)6(18,19)7(20,21)25(22,23)24;1-2-3-4/h1H,(H,22,23,24);2H,1,3-4H2. The molecule has 0 saturated heterocycles. The molecular weight excluding hydrogens is 480 g/mol. The molecule has 29 heavy (non-hydrogen) atoms. The highest BCUT2D eigenvalue weighted by atomic mass is 32.2. The average molecular weight is 489 g/mol. The van der Waals surface area contributed by atoms with Gasteiger partial charge in [0, 0.05) is 6.54 Å². The summed E-state index contributed by atoms with van der Waals surface area (Å²) in [6, 6.07) is 0. The van der Waals surface area contributed by atoms with Crippen LogP contribution in [0.3, 0.4) is 0 Å². The van der Waals surface area contributed by atoms with E-state index >= 15 is 0 Å². The van der Waals surface area contributed by atoms with Crippen molar-refractivity contribution in [2.75, 3.05) is 6.54 Å². The van der Waals surface area contributed by atoms with Crippen molar-refractivity contribution in [3.05, 3.63) is 12.7 Å². The lowest BCUT2D eigenvalue weighted by Gasteiger charge is -2.40. The van der Waals surface area contributed by atoms with E-state index in [1.807, 2.05) is 0 Å². The molecule has 0 aromatic rings. The average Bonchev–Trinajstić information content (AvgIpc) is 2.52. The van der Waals surface area contributed by atoms with Crippen molar-refractivity contribution in [1.29, 1.82) is 0 Å². The molecule has 0 aliphatic rings. The molecular formula is C10H9F14NO3S. The highest BCUT2D eigenvalue weighted by Gasteiger charge is 2.92. The van der Waals surface area contributed by atoms with Gasteiger partial charge in [0.15, 0.2) is 0 Å². The van der Waals surface area contributed by atoms with E-state index in [0.717, 1.165) is 0 Å². The fourth-order valence-corrected chi connectivity index (χ4v) is 1.54. The molecule has 0 heterocycles. The van der Waals surface area contributed by atoms with E-state index in [1.54, 1.807) is 6.08 Å². The molecule has 0 aromatic heterocycles. The molecule has 19 heteroatoms. The third kappa shape index (κ3) is 4.54. The predicted octanol–water partition coefficient (Wildman–Crippen LogP) is 4.04. The first kappa shape index (κ1) is 29.8. The van der Waals surface area contributed by atoms with Gasteiger partial charge in [-0.2, -0.15) is 61.1 Å². The molecule has 0 unspecified atom stereocenters. The molecule has 4 nitrogen and oxygen atoms in total. The molecule has 0 aliphatic heterocycles. The van der Waals surface area contributed by atoms with Gasteiger partial charge in [-0.05, 0) is 0 Å². The van der Waals surface area contributed by atoms with E-state index in [0.29, 0.717) is 6.54 Å². The van der Waals surface area contributed by atoms with Crippen LogP contribution in [0.15, 0.2) is 12.7 Å². The first-order valence-electron chi connectivity index (χ1n) is 6.19. The van der Waals surface area contributed by atoms with Crippen LogP contribution >= 0.6 is 0 Å². The largest absolute Gasteiger partial charge is 0.438 e. The molecule has 0 bridgehead atoms. The van der Waals surface area contributed by atoms with Crippen LogP contribution < -0.4 is 5.73 Å². The van der Waals surface area contributed by atoms with E-state index in [4.69, 9.17) is 10.3 Å². The molecule has 176 valence electrons. The maximum Gasteiger partial charge on any atom is 0.438 e. The van der Waals surface area contributed by atoms with E-state index in [-0.39, 0.29) is 0 Å². The zero-order chi connectivity index (χ0) is 24.5. The number of halogens is 14. The summed E-state index contributed by atoms with van der Waals surface area (Å²) in [7, 11) is -7.68. The van der Waals surface area contributed by atoms with E-state index < -0.39 is 51.4 Å². The third-order valence-corrected chi connectivity index (χ3v) is 3.64. The van der Waals surface area contributed by atoms with Gasteiger partial charge in [-0.1, -0.05) is 6.08 Å². The lowest BCUT2D eigenvalue weighted by molar-refractivity contribution is -0.425. The van der Waals surface area contributed by atoms with Gasteiger partial charge in [-0.15, -0.1) is 6.58 Å². The second kappa shape index (κ2) is 8.40. The summed E-state index contributed by atoms with van der Waals surface area (Å²) in [4.78, 5) is 0. The maximum absolute atomic E-state index is 12.9. The summed E-state index contributed by atoms with van der Waals surface area (Å²) in [6.45, 7) is 3.94. The first-order chi connectivity index (χ1) is 12.4. The van der Waals surface area contributed by atoms with Crippen LogP contribution in [0.5, 0.6) is 0 Å².